The summed E-state index contributed by atoms with van der Waals surface area (Å²) in [6.07, 6.45) is -0.674. The summed E-state index contributed by atoms with van der Waals surface area (Å²) in [6.45, 7) is 2.89. The zero-order chi connectivity index (χ0) is 6.85. The lowest BCUT2D eigenvalue weighted by atomic mass is 10.4. The predicted molar refractivity (Wildman–Crippen MR) is 39.0 cm³/mol. The fourth-order valence-corrected chi connectivity index (χ4v) is 1.91. The maximum Gasteiger partial charge on any atom is 0.115 e. The van der Waals surface area contributed by atoms with Crippen LogP contribution in [0.5, 0.6) is 0 Å². The van der Waals surface area contributed by atoms with Gasteiger partial charge in [0.15, 0.2) is 0 Å². The Hall–Kier alpha value is 0.230. The van der Waals surface area contributed by atoms with E-state index in [0.717, 1.165) is 6.54 Å². The molecule has 1 saturated heterocycles. The summed E-state index contributed by atoms with van der Waals surface area (Å²) in [5.74, 6) is 0. The largest absolute Gasteiger partial charge is 0.378 e. The highest BCUT2D eigenvalue weighted by Gasteiger charge is 2.24. The van der Waals surface area contributed by atoms with Gasteiger partial charge in [-0.1, -0.05) is 0 Å². The summed E-state index contributed by atoms with van der Waals surface area (Å²) in [5.41, 5.74) is 5.25. The van der Waals surface area contributed by atoms with Crippen LogP contribution in [0.15, 0.2) is 0 Å². The van der Waals surface area contributed by atoms with Gasteiger partial charge < -0.3 is 16.2 Å². The third-order valence-corrected chi connectivity index (χ3v) is 2.74. The highest BCUT2D eigenvalue weighted by Crippen LogP contribution is 2.22. The highest BCUT2D eigenvalue weighted by molar-refractivity contribution is 8.00. The zero-order valence-corrected chi connectivity index (χ0v) is 6.19. The van der Waals surface area contributed by atoms with Crippen molar-refractivity contribution in [3.8, 4) is 0 Å². The molecule has 0 aromatic rings. The van der Waals surface area contributed by atoms with E-state index >= 15 is 0 Å². The average molecular weight is 148 g/mol. The Morgan fingerprint density at radius 1 is 1.89 bits per heavy atom. The van der Waals surface area contributed by atoms with Crippen molar-refractivity contribution in [1.29, 1.82) is 0 Å². The molecule has 0 aromatic heterocycles. The lowest BCUT2D eigenvalue weighted by Crippen LogP contribution is -2.34. The lowest BCUT2D eigenvalue weighted by molar-refractivity contribution is 0.180. The maximum absolute atomic E-state index is 8.89. The predicted octanol–water partition coefficient (Wildman–Crippen LogP) is -0.685. The molecule has 0 spiro atoms. The summed E-state index contributed by atoms with van der Waals surface area (Å²) >= 11 is 1.69. The summed E-state index contributed by atoms with van der Waals surface area (Å²) in [4.78, 5) is 0. The van der Waals surface area contributed by atoms with Gasteiger partial charge in [-0.05, 0) is 6.92 Å². The van der Waals surface area contributed by atoms with Crippen molar-refractivity contribution in [2.24, 2.45) is 5.73 Å². The normalized spacial score (nSPS) is 39.0. The van der Waals surface area contributed by atoms with Crippen molar-refractivity contribution in [3.63, 3.8) is 0 Å². The van der Waals surface area contributed by atoms with Crippen molar-refractivity contribution in [3.05, 3.63) is 0 Å². The van der Waals surface area contributed by atoms with Crippen molar-refractivity contribution >= 4 is 11.8 Å². The fourth-order valence-electron chi connectivity index (χ4n) is 0.842. The molecule has 9 heavy (non-hydrogen) atoms. The van der Waals surface area contributed by atoms with Gasteiger partial charge in [-0.25, -0.2) is 0 Å². The first-order chi connectivity index (χ1) is 4.20. The molecule has 1 rings (SSSR count). The molecule has 4 N–H and O–H groups in total. The number of aliphatic hydroxyl groups is 1. The van der Waals surface area contributed by atoms with Gasteiger partial charge in [0.1, 0.15) is 6.23 Å². The Bertz CT molecular complexity index is 99.0. The van der Waals surface area contributed by atoms with Gasteiger partial charge in [0, 0.05) is 6.54 Å². The number of nitrogens with one attached hydrogen (secondary N) is 1. The van der Waals surface area contributed by atoms with Gasteiger partial charge in [-0.15, -0.1) is 11.8 Å². The molecule has 1 aliphatic heterocycles. The van der Waals surface area contributed by atoms with Crippen LogP contribution in [0.3, 0.4) is 0 Å². The van der Waals surface area contributed by atoms with Gasteiger partial charge in [-0.3, -0.25) is 0 Å². The van der Waals surface area contributed by atoms with Crippen LogP contribution >= 0.6 is 11.8 Å². The topological polar surface area (TPSA) is 58.3 Å². The summed E-state index contributed by atoms with van der Waals surface area (Å²) in [7, 11) is 0. The van der Waals surface area contributed by atoms with E-state index in [0.29, 0.717) is 5.37 Å². The van der Waals surface area contributed by atoms with Crippen molar-refractivity contribution in [1.82, 2.24) is 5.32 Å². The van der Waals surface area contributed by atoms with E-state index in [1.807, 2.05) is 0 Å². The second-order valence-corrected chi connectivity index (χ2v) is 3.80. The van der Waals surface area contributed by atoms with E-state index in [4.69, 9.17) is 10.8 Å². The summed E-state index contributed by atoms with van der Waals surface area (Å²) in [5, 5.41) is 12.7. The third-order valence-electron chi connectivity index (χ3n) is 1.37. The molecule has 3 unspecified atom stereocenters. The molecule has 0 amide bonds. The number of hydrogen-bond acceptors (Lipinski definition) is 4. The molecule has 0 saturated carbocycles. The van der Waals surface area contributed by atoms with Gasteiger partial charge in [0.25, 0.3) is 0 Å². The first-order valence-corrected chi connectivity index (χ1v) is 3.97. The Balaban J connectivity index is 2.30. The Kier molecular flexibility index (Phi) is 2.35. The minimum absolute atomic E-state index is 0.181. The standard InChI is InChI=1S/C5H12N2OS/c1-3-7-2-4(9-3)5(6)8/h3-5,7-8H,2,6H2,1H3. The van der Waals surface area contributed by atoms with Crippen molar-refractivity contribution < 1.29 is 5.11 Å². The van der Waals surface area contributed by atoms with Crippen molar-refractivity contribution in [2.75, 3.05) is 6.54 Å². The van der Waals surface area contributed by atoms with E-state index in [-0.39, 0.29) is 5.25 Å². The van der Waals surface area contributed by atoms with E-state index in [2.05, 4.69) is 12.2 Å². The molecule has 1 aliphatic rings. The number of rotatable bonds is 1. The maximum atomic E-state index is 8.89. The quantitative estimate of drug-likeness (QED) is 0.431. The number of aliphatic hydroxyl groups excluding tert-OH is 1. The average Bonchev–Trinajstić information content (AvgIpc) is 2.14. The highest BCUT2D eigenvalue weighted by atomic mass is 32.2. The Morgan fingerprint density at radius 3 is 2.78 bits per heavy atom. The smallest absolute Gasteiger partial charge is 0.115 e. The van der Waals surface area contributed by atoms with Crippen LogP contribution < -0.4 is 11.1 Å². The third kappa shape index (κ3) is 1.82. The van der Waals surface area contributed by atoms with Gasteiger partial charge in [-0.2, -0.15) is 0 Å². The zero-order valence-electron chi connectivity index (χ0n) is 5.37. The van der Waals surface area contributed by atoms with Gasteiger partial charge in [0.05, 0.1) is 10.6 Å². The number of hydrogen-bond donors (Lipinski definition) is 3. The van der Waals surface area contributed by atoms with Crippen LogP contribution in [-0.4, -0.2) is 28.5 Å². The Labute approximate surface area is 59.0 Å². The number of nitrogens with two attached hydrogens (primary N) is 1. The van der Waals surface area contributed by atoms with Gasteiger partial charge >= 0.3 is 0 Å². The molecule has 0 aromatic carbocycles. The molecule has 4 heteroatoms. The van der Waals surface area contributed by atoms with Gasteiger partial charge in [0.2, 0.25) is 0 Å². The first kappa shape index (κ1) is 7.34. The fraction of sp³-hybridized carbons (Fsp3) is 1.00. The van der Waals surface area contributed by atoms with E-state index in [1.165, 1.54) is 0 Å². The second kappa shape index (κ2) is 2.88. The molecule has 54 valence electrons. The Morgan fingerprint density at radius 2 is 2.56 bits per heavy atom. The molecule has 0 bridgehead atoms. The molecule has 3 atom stereocenters. The molecule has 0 radical (unpaired) electrons. The van der Waals surface area contributed by atoms with E-state index < -0.39 is 6.23 Å². The summed E-state index contributed by atoms with van der Waals surface area (Å²) < 4.78 is 0. The van der Waals surface area contributed by atoms with E-state index in [1.54, 1.807) is 11.8 Å². The summed E-state index contributed by atoms with van der Waals surface area (Å²) in [6, 6.07) is 0. The van der Waals surface area contributed by atoms with Crippen LogP contribution in [0.25, 0.3) is 0 Å². The van der Waals surface area contributed by atoms with Crippen LogP contribution in [0, 0.1) is 0 Å². The van der Waals surface area contributed by atoms with Crippen LogP contribution in [-0.2, 0) is 0 Å². The van der Waals surface area contributed by atoms with E-state index in [9.17, 15) is 0 Å². The minimum atomic E-state index is -0.674. The lowest BCUT2D eigenvalue weighted by Gasteiger charge is -2.09. The monoisotopic (exact) mass is 148 g/mol. The minimum Gasteiger partial charge on any atom is -0.378 e. The molecular weight excluding hydrogens is 136 g/mol. The molecule has 3 nitrogen and oxygen atoms in total. The molecule has 1 heterocycles. The number of thioether (sulfide) groups is 1. The SMILES string of the molecule is CC1NCC(C(N)O)S1. The molecular formula is C5H12N2OS. The second-order valence-electron chi connectivity index (χ2n) is 2.22. The van der Waals surface area contributed by atoms with Crippen LogP contribution in [0.1, 0.15) is 6.92 Å². The van der Waals surface area contributed by atoms with Crippen LogP contribution in [0.2, 0.25) is 0 Å². The molecule has 1 fully saturated rings. The van der Waals surface area contributed by atoms with Crippen molar-refractivity contribution in [2.45, 2.75) is 23.8 Å². The molecule has 0 aliphatic carbocycles. The van der Waals surface area contributed by atoms with Crippen LogP contribution in [0.4, 0.5) is 0 Å². The first-order valence-electron chi connectivity index (χ1n) is 3.02.